The summed E-state index contributed by atoms with van der Waals surface area (Å²) in [5.74, 6) is 0. The number of sulfonamides is 1. The van der Waals surface area contributed by atoms with Gasteiger partial charge in [-0.3, -0.25) is 0 Å². The number of rotatable bonds is 6. The van der Waals surface area contributed by atoms with Crippen molar-refractivity contribution in [1.29, 1.82) is 10.5 Å². The average Bonchev–Trinajstić information content (AvgIpc) is 2.41. The van der Waals surface area contributed by atoms with E-state index in [0.29, 0.717) is 11.3 Å². The lowest BCUT2D eigenvalue weighted by atomic mass is 10.2. The molecular weight excluding hydrogens is 276 g/mol. The van der Waals surface area contributed by atoms with Crippen molar-refractivity contribution in [3.8, 4) is 12.1 Å². The van der Waals surface area contributed by atoms with Crippen LogP contribution in [0.2, 0.25) is 0 Å². The molecule has 0 aliphatic rings. The third-order valence-electron chi connectivity index (χ3n) is 2.89. The molecule has 0 bridgehead atoms. The van der Waals surface area contributed by atoms with Crippen LogP contribution in [0.15, 0.2) is 23.1 Å². The number of nitrogens with zero attached hydrogens (tertiary/aromatic N) is 3. The Morgan fingerprint density at radius 2 is 1.75 bits per heavy atom. The van der Waals surface area contributed by atoms with E-state index in [4.69, 9.17) is 16.3 Å². The summed E-state index contributed by atoms with van der Waals surface area (Å²) in [5, 5.41) is 17.2. The van der Waals surface area contributed by atoms with E-state index in [1.165, 1.54) is 6.07 Å². The Morgan fingerprint density at radius 3 is 2.25 bits per heavy atom. The zero-order chi connectivity index (χ0) is 15.2. The van der Waals surface area contributed by atoms with E-state index in [1.54, 1.807) is 19.1 Å². The quantitative estimate of drug-likeness (QED) is 0.796. The Hall–Kier alpha value is -2.09. The molecule has 1 aromatic carbocycles. The number of anilines is 1. The Labute approximate surface area is 119 Å². The van der Waals surface area contributed by atoms with Crippen molar-refractivity contribution < 1.29 is 8.42 Å². The van der Waals surface area contributed by atoms with Gasteiger partial charge in [-0.15, -0.1) is 0 Å². The molecule has 6 nitrogen and oxygen atoms in total. The number of nitriles is 2. The van der Waals surface area contributed by atoms with E-state index in [9.17, 15) is 8.42 Å². The molecule has 0 atom stereocenters. The van der Waals surface area contributed by atoms with E-state index in [1.807, 2.05) is 12.1 Å². The normalized spacial score (nSPS) is 11.0. The van der Waals surface area contributed by atoms with Gasteiger partial charge >= 0.3 is 0 Å². The molecule has 0 unspecified atom stereocenters. The first-order valence-electron chi connectivity index (χ1n) is 6.04. The van der Waals surface area contributed by atoms with Crippen LogP contribution in [0.1, 0.15) is 18.4 Å². The van der Waals surface area contributed by atoms with Gasteiger partial charge in [0, 0.05) is 31.6 Å². The smallest absolute Gasteiger partial charge is 0.243 e. The highest BCUT2D eigenvalue weighted by atomic mass is 32.2. The maximum atomic E-state index is 12.6. The van der Waals surface area contributed by atoms with Gasteiger partial charge in [-0.1, -0.05) is 6.07 Å². The largest absolute Gasteiger partial charge is 0.398 e. The van der Waals surface area contributed by atoms with Gasteiger partial charge in [0.25, 0.3) is 0 Å². The molecule has 0 spiro atoms. The van der Waals surface area contributed by atoms with Gasteiger partial charge in [-0.2, -0.15) is 14.8 Å². The standard InChI is InChI=1S/C13H16N4O2S/c1-11-12(16)5-2-6-13(11)20(18,19)17(9-3-7-14)10-4-8-15/h2,5-6H,3-4,9-10,16H2,1H3. The molecule has 0 aliphatic carbocycles. The molecule has 0 heterocycles. The molecule has 0 saturated carbocycles. The predicted molar refractivity (Wildman–Crippen MR) is 74.8 cm³/mol. The second-order valence-corrected chi connectivity index (χ2v) is 6.10. The summed E-state index contributed by atoms with van der Waals surface area (Å²) in [7, 11) is -3.75. The lowest BCUT2D eigenvalue weighted by Gasteiger charge is -2.21. The molecule has 0 fully saturated rings. The van der Waals surface area contributed by atoms with Crippen molar-refractivity contribution in [2.45, 2.75) is 24.7 Å². The Morgan fingerprint density at radius 1 is 1.20 bits per heavy atom. The monoisotopic (exact) mass is 292 g/mol. The molecule has 0 aromatic heterocycles. The van der Waals surface area contributed by atoms with Crippen LogP contribution >= 0.6 is 0 Å². The molecule has 7 heteroatoms. The first-order chi connectivity index (χ1) is 9.45. The van der Waals surface area contributed by atoms with Gasteiger partial charge in [0.2, 0.25) is 10.0 Å². The maximum absolute atomic E-state index is 12.6. The summed E-state index contributed by atoms with van der Waals surface area (Å²) < 4.78 is 26.3. The number of hydrogen-bond acceptors (Lipinski definition) is 5. The number of hydrogen-bond donors (Lipinski definition) is 1. The van der Waals surface area contributed by atoms with Crippen molar-refractivity contribution in [2.75, 3.05) is 18.8 Å². The molecule has 20 heavy (non-hydrogen) atoms. The van der Waals surface area contributed by atoms with E-state index in [-0.39, 0.29) is 30.8 Å². The second-order valence-electron chi connectivity index (χ2n) is 4.19. The van der Waals surface area contributed by atoms with Gasteiger partial charge in [0.1, 0.15) is 0 Å². The zero-order valence-corrected chi connectivity index (χ0v) is 12.0. The zero-order valence-electron chi connectivity index (χ0n) is 11.2. The lowest BCUT2D eigenvalue weighted by Crippen LogP contribution is -2.33. The highest BCUT2D eigenvalue weighted by Crippen LogP contribution is 2.24. The highest BCUT2D eigenvalue weighted by Gasteiger charge is 2.25. The van der Waals surface area contributed by atoms with Crippen molar-refractivity contribution in [3.05, 3.63) is 23.8 Å². The molecule has 0 amide bonds. The molecule has 1 aromatic rings. The predicted octanol–water partition coefficient (Wildman–Crippen LogP) is 1.40. The minimum atomic E-state index is -3.75. The summed E-state index contributed by atoms with van der Waals surface area (Å²) in [6, 6.07) is 8.50. The summed E-state index contributed by atoms with van der Waals surface area (Å²) in [6.07, 6.45) is 0.151. The molecular formula is C13H16N4O2S. The van der Waals surface area contributed by atoms with Crippen molar-refractivity contribution in [1.82, 2.24) is 4.31 Å². The fraction of sp³-hybridized carbons (Fsp3) is 0.385. The minimum Gasteiger partial charge on any atom is -0.398 e. The highest BCUT2D eigenvalue weighted by molar-refractivity contribution is 7.89. The minimum absolute atomic E-state index is 0.0642. The van der Waals surface area contributed by atoms with Gasteiger partial charge in [0.05, 0.1) is 17.0 Å². The molecule has 106 valence electrons. The molecule has 0 radical (unpaired) electrons. The fourth-order valence-corrected chi connectivity index (χ4v) is 3.45. The van der Waals surface area contributed by atoms with Crippen LogP contribution < -0.4 is 5.73 Å². The van der Waals surface area contributed by atoms with Crippen LogP contribution in [-0.4, -0.2) is 25.8 Å². The van der Waals surface area contributed by atoms with E-state index in [0.717, 1.165) is 4.31 Å². The number of nitrogens with two attached hydrogens (primary N) is 1. The van der Waals surface area contributed by atoms with Crippen LogP contribution in [0.5, 0.6) is 0 Å². The lowest BCUT2D eigenvalue weighted by molar-refractivity contribution is 0.424. The first kappa shape index (κ1) is 16.0. The van der Waals surface area contributed by atoms with Crippen molar-refractivity contribution in [2.24, 2.45) is 0 Å². The number of benzene rings is 1. The molecule has 1 rings (SSSR count). The topological polar surface area (TPSA) is 111 Å². The molecule has 2 N–H and O–H groups in total. The first-order valence-corrected chi connectivity index (χ1v) is 7.48. The van der Waals surface area contributed by atoms with Crippen molar-refractivity contribution >= 4 is 15.7 Å². The van der Waals surface area contributed by atoms with Crippen LogP contribution in [0.3, 0.4) is 0 Å². The fourth-order valence-electron chi connectivity index (χ4n) is 1.75. The molecule has 0 saturated heterocycles. The maximum Gasteiger partial charge on any atom is 0.243 e. The van der Waals surface area contributed by atoms with Crippen molar-refractivity contribution in [3.63, 3.8) is 0 Å². The van der Waals surface area contributed by atoms with E-state index in [2.05, 4.69) is 0 Å². The summed E-state index contributed by atoms with van der Waals surface area (Å²) in [6.45, 7) is 1.76. The third kappa shape index (κ3) is 3.47. The third-order valence-corrected chi connectivity index (χ3v) is 4.93. The summed E-state index contributed by atoms with van der Waals surface area (Å²) >= 11 is 0. The Bertz CT molecular complexity index is 638. The van der Waals surface area contributed by atoms with Gasteiger partial charge in [-0.05, 0) is 24.6 Å². The van der Waals surface area contributed by atoms with Gasteiger partial charge in [0.15, 0.2) is 0 Å². The van der Waals surface area contributed by atoms with E-state index < -0.39 is 10.0 Å². The van der Waals surface area contributed by atoms with Crippen LogP contribution in [0.25, 0.3) is 0 Å². The SMILES string of the molecule is Cc1c(N)cccc1S(=O)(=O)N(CCC#N)CCC#N. The van der Waals surface area contributed by atoms with Gasteiger partial charge < -0.3 is 5.73 Å². The second kappa shape index (κ2) is 6.90. The average molecular weight is 292 g/mol. The van der Waals surface area contributed by atoms with Crippen LogP contribution in [-0.2, 0) is 10.0 Å². The summed E-state index contributed by atoms with van der Waals surface area (Å²) in [4.78, 5) is 0.119. The Kier molecular flexibility index (Phi) is 5.51. The summed E-state index contributed by atoms with van der Waals surface area (Å²) in [5.41, 5.74) is 6.60. The van der Waals surface area contributed by atoms with E-state index >= 15 is 0 Å². The molecule has 0 aliphatic heterocycles. The number of nitrogen functional groups attached to an aromatic ring is 1. The van der Waals surface area contributed by atoms with Crippen LogP contribution in [0, 0.1) is 29.6 Å². The Balaban J connectivity index is 3.19. The van der Waals surface area contributed by atoms with Gasteiger partial charge in [-0.25, -0.2) is 8.42 Å². The van der Waals surface area contributed by atoms with Crippen LogP contribution in [0.4, 0.5) is 5.69 Å².